The molecule has 1 radical (unpaired) electrons. The molecule has 11 heavy (non-hydrogen) atoms. The van der Waals surface area contributed by atoms with Crippen molar-refractivity contribution in [1.82, 2.24) is 10.2 Å². The summed E-state index contributed by atoms with van der Waals surface area (Å²) in [6, 6.07) is 1.16. The molecule has 3 heteroatoms. The largest absolute Gasteiger partial charge is 0.305 e. The third-order valence-corrected chi connectivity index (χ3v) is 3.31. The van der Waals surface area contributed by atoms with Crippen LogP contribution >= 0.6 is 11.8 Å². The predicted molar refractivity (Wildman–Crippen MR) is 51.3 cm³/mol. The van der Waals surface area contributed by atoms with Crippen LogP contribution in [0.4, 0.5) is 0 Å². The maximum absolute atomic E-state index is 4.59. The SMILES string of the molecule is CC(C1CSCC[N]1)N(C)C. The van der Waals surface area contributed by atoms with Gasteiger partial charge < -0.3 is 4.90 Å². The van der Waals surface area contributed by atoms with E-state index in [9.17, 15) is 0 Å². The fourth-order valence-corrected chi connectivity index (χ4v) is 2.20. The highest BCUT2D eigenvalue weighted by Crippen LogP contribution is 2.13. The van der Waals surface area contributed by atoms with Crippen molar-refractivity contribution in [1.29, 1.82) is 0 Å². The summed E-state index contributed by atoms with van der Waals surface area (Å²) >= 11 is 2.03. The molecule has 0 aromatic heterocycles. The second-order valence-corrected chi connectivity index (χ2v) is 4.40. The number of hydrogen-bond acceptors (Lipinski definition) is 2. The second-order valence-electron chi connectivity index (χ2n) is 3.25. The van der Waals surface area contributed by atoms with Gasteiger partial charge in [-0.15, -0.1) is 0 Å². The lowest BCUT2D eigenvalue weighted by atomic mass is 10.1. The Labute approximate surface area is 73.7 Å². The Morgan fingerprint density at radius 2 is 2.27 bits per heavy atom. The summed E-state index contributed by atoms with van der Waals surface area (Å²) in [5.74, 6) is 2.43. The Morgan fingerprint density at radius 3 is 2.73 bits per heavy atom. The molecule has 0 N–H and O–H groups in total. The summed E-state index contributed by atoms with van der Waals surface area (Å²) in [4.78, 5) is 2.25. The number of likely N-dealkylation sites (N-methyl/N-ethyl adjacent to an activating group) is 1. The summed E-state index contributed by atoms with van der Waals surface area (Å²) in [6.45, 7) is 3.30. The van der Waals surface area contributed by atoms with Gasteiger partial charge in [-0.2, -0.15) is 11.8 Å². The fourth-order valence-electron chi connectivity index (χ4n) is 1.18. The average molecular weight is 173 g/mol. The van der Waals surface area contributed by atoms with Crippen molar-refractivity contribution in [2.75, 3.05) is 32.1 Å². The summed E-state index contributed by atoms with van der Waals surface area (Å²) < 4.78 is 0. The van der Waals surface area contributed by atoms with Crippen LogP contribution < -0.4 is 5.32 Å². The minimum Gasteiger partial charge on any atom is -0.305 e. The average Bonchev–Trinajstić information content (AvgIpc) is 2.05. The molecule has 0 bridgehead atoms. The van der Waals surface area contributed by atoms with Crippen LogP contribution in [0.2, 0.25) is 0 Å². The zero-order valence-electron chi connectivity index (χ0n) is 7.58. The maximum atomic E-state index is 4.59. The van der Waals surface area contributed by atoms with Gasteiger partial charge in [0, 0.05) is 30.1 Å². The van der Waals surface area contributed by atoms with Gasteiger partial charge >= 0.3 is 0 Å². The van der Waals surface area contributed by atoms with Crippen molar-refractivity contribution in [3.05, 3.63) is 0 Å². The van der Waals surface area contributed by atoms with Crippen molar-refractivity contribution >= 4 is 11.8 Å². The molecule has 1 aliphatic heterocycles. The van der Waals surface area contributed by atoms with Gasteiger partial charge in [-0.1, -0.05) is 0 Å². The highest BCUT2D eigenvalue weighted by atomic mass is 32.2. The van der Waals surface area contributed by atoms with E-state index in [1.165, 1.54) is 11.5 Å². The second kappa shape index (κ2) is 4.33. The first kappa shape index (κ1) is 9.36. The van der Waals surface area contributed by atoms with E-state index in [1.54, 1.807) is 0 Å². The Hall–Kier alpha value is 0.270. The molecular formula is C8H17N2S. The molecule has 1 saturated heterocycles. The van der Waals surface area contributed by atoms with Crippen LogP contribution in [0.15, 0.2) is 0 Å². The molecular weight excluding hydrogens is 156 g/mol. The number of hydrogen-bond donors (Lipinski definition) is 0. The van der Waals surface area contributed by atoms with E-state index >= 15 is 0 Å². The van der Waals surface area contributed by atoms with E-state index in [4.69, 9.17) is 0 Å². The minimum absolute atomic E-state index is 0.559. The third-order valence-electron chi connectivity index (χ3n) is 2.26. The Balaban J connectivity index is 2.32. The van der Waals surface area contributed by atoms with E-state index in [-0.39, 0.29) is 0 Å². The van der Waals surface area contributed by atoms with Crippen molar-refractivity contribution in [3.8, 4) is 0 Å². The normalized spacial score (nSPS) is 28.9. The van der Waals surface area contributed by atoms with E-state index in [0.29, 0.717) is 12.1 Å². The van der Waals surface area contributed by atoms with Gasteiger partial charge in [0.2, 0.25) is 0 Å². The first-order valence-corrected chi connectivity index (χ1v) is 5.28. The van der Waals surface area contributed by atoms with Crippen LogP contribution in [0.25, 0.3) is 0 Å². The smallest absolute Gasteiger partial charge is 0.0489 e. The maximum Gasteiger partial charge on any atom is 0.0489 e. The molecule has 1 fully saturated rings. The van der Waals surface area contributed by atoms with E-state index in [0.717, 1.165) is 6.54 Å². The minimum atomic E-state index is 0.559. The van der Waals surface area contributed by atoms with Crippen LogP contribution in [0.3, 0.4) is 0 Å². The molecule has 1 rings (SSSR count). The number of rotatable bonds is 2. The van der Waals surface area contributed by atoms with Crippen molar-refractivity contribution < 1.29 is 0 Å². The van der Waals surface area contributed by atoms with Gasteiger partial charge in [0.1, 0.15) is 0 Å². The van der Waals surface area contributed by atoms with Crippen molar-refractivity contribution in [2.24, 2.45) is 0 Å². The molecule has 2 nitrogen and oxygen atoms in total. The first-order chi connectivity index (χ1) is 5.22. The zero-order valence-corrected chi connectivity index (χ0v) is 8.40. The number of nitrogens with zero attached hydrogens (tertiary/aromatic N) is 2. The van der Waals surface area contributed by atoms with Crippen LogP contribution in [0, 0.1) is 0 Å². The van der Waals surface area contributed by atoms with Gasteiger partial charge in [0.05, 0.1) is 0 Å². The monoisotopic (exact) mass is 173 g/mol. The van der Waals surface area contributed by atoms with Crippen LogP contribution in [-0.4, -0.2) is 49.1 Å². The predicted octanol–water partition coefficient (Wildman–Crippen LogP) is 0.656. The standard InChI is InChI=1S/C8H17N2S/c1-7(10(2)3)8-6-11-5-4-9-8/h7-8H,4-6H2,1-3H3. The van der Waals surface area contributed by atoms with Gasteiger partial charge in [0.15, 0.2) is 0 Å². The molecule has 1 aliphatic rings. The lowest BCUT2D eigenvalue weighted by Crippen LogP contribution is -2.46. The summed E-state index contributed by atoms with van der Waals surface area (Å²) in [5.41, 5.74) is 0. The summed E-state index contributed by atoms with van der Waals surface area (Å²) in [7, 11) is 4.25. The molecule has 0 aliphatic carbocycles. The van der Waals surface area contributed by atoms with Crippen LogP contribution in [0.1, 0.15) is 6.92 Å². The van der Waals surface area contributed by atoms with Crippen LogP contribution in [-0.2, 0) is 0 Å². The Kier molecular flexibility index (Phi) is 3.69. The molecule has 0 amide bonds. The van der Waals surface area contributed by atoms with E-state index < -0.39 is 0 Å². The molecule has 65 valence electrons. The lowest BCUT2D eigenvalue weighted by Gasteiger charge is -2.31. The van der Waals surface area contributed by atoms with Crippen LogP contribution in [0.5, 0.6) is 0 Å². The summed E-state index contributed by atoms with van der Waals surface area (Å²) in [5, 5.41) is 4.59. The topological polar surface area (TPSA) is 17.3 Å². The third kappa shape index (κ3) is 2.65. The first-order valence-electron chi connectivity index (χ1n) is 4.12. The highest BCUT2D eigenvalue weighted by Gasteiger charge is 2.21. The Bertz CT molecular complexity index is 111. The van der Waals surface area contributed by atoms with Gasteiger partial charge in [-0.3, -0.25) is 0 Å². The lowest BCUT2D eigenvalue weighted by molar-refractivity contribution is 0.255. The highest BCUT2D eigenvalue weighted by molar-refractivity contribution is 7.99. The zero-order chi connectivity index (χ0) is 8.27. The molecule has 0 spiro atoms. The van der Waals surface area contributed by atoms with Gasteiger partial charge in [0.25, 0.3) is 0 Å². The fraction of sp³-hybridized carbons (Fsp3) is 1.00. The van der Waals surface area contributed by atoms with Gasteiger partial charge in [-0.25, -0.2) is 5.32 Å². The quantitative estimate of drug-likeness (QED) is 0.610. The molecule has 0 aromatic carbocycles. The van der Waals surface area contributed by atoms with Crippen molar-refractivity contribution in [2.45, 2.75) is 19.0 Å². The van der Waals surface area contributed by atoms with Crippen molar-refractivity contribution in [3.63, 3.8) is 0 Å². The molecule has 1 heterocycles. The number of thioether (sulfide) groups is 1. The van der Waals surface area contributed by atoms with E-state index in [2.05, 4.69) is 31.2 Å². The Morgan fingerprint density at radius 1 is 1.55 bits per heavy atom. The molecule has 2 unspecified atom stereocenters. The molecule has 2 atom stereocenters. The molecule has 0 saturated carbocycles. The van der Waals surface area contributed by atoms with E-state index in [1.807, 2.05) is 11.8 Å². The van der Waals surface area contributed by atoms with Gasteiger partial charge in [-0.05, 0) is 21.0 Å². The molecule has 0 aromatic rings. The summed E-state index contributed by atoms with van der Waals surface area (Å²) in [6.07, 6.45) is 0.